The van der Waals surface area contributed by atoms with Gasteiger partial charge in [-0.2, -0.15) is 5.26 Å². The molecule has 126 valence electrons. The van der Waals surface area contributed by atoms with E-state index in [1.807, 2.05) is 13.0 Å². The number of rotatable bonds is 4. The van der Waals surface area contributed by atoms with Crippen molar-refractivity contribution in [2.24, 2.45) is 14.1 Å². The van der Waals surface area contributed by atoms with E-state index in [1.54, 1.807) is 7.05 Å². The molecule has 1 atom stereocenters. The van der Waals surface area contributed by atoms with Crippen molar-refractivity contribution in [1.82, 2.24) is 18.9 Å². The summed E-state index contributed by atoms with van der Waals surface area (Å²) in [5.74, 6) is 0.294. The summed E-state index contributed by atoms with van der Waals surface area (Å²) in [5.41, 5.74) is -1.03. The summed E-state index contributed by atoms with van der Waals surface area (Å²) in [6, 6.07) is 1.93. The van der Waals surface area contributed by atoms with Gasteiger partial charge < -0.3 is 10.2 Å². The Morgan fingerprint density at radius 1 is 1.13 bits per heavy atom. The Bertz CT molecular complexity index is 721. The summed E-state index contributed by atoms with van der Waals surface area (Å²) in [4.78, 5) is 28.7. The molecular weight excluding hydrogens is 296 g/mol. The molecule has 1 aromatic rings. The summed E-state index contributed by atoms with van der Waals surface area (Å²) >= 11 is 0. The van der Waals surface area contributed by atoms with Gasteiger partial charge in [0.05, 0.1) is 0 Å². The van der Waals surface area contributed by atoms with Crippen LogP contribution in [0.5, 0.6) is 0 Å². The summed E-state index contributed by atoms with van der Waals surface area (Å²) in [7, 11) is 5.05. The van der Waals surface area contributed by atoms with Crippen LogP contribution in [-0.2, 0) is 14.1 Å². The fraction of sp³-hybridized carbons (Fsp3) is 0.667. The number of piperazine rings is 1. The lowest BCUT2D eigenvalue weighted by molar-refractivity contribution is 0.151. The van der Waals surface area contributed by atoms with Crippen molar-refractivity contribution in [3.8, 4) is 6.07 Å². The van der Waals surface area contributed by atoms with E-state index >= 15 is 0 Å². The van der Waals surface area contributed by atoms with Crippen molar-refractivity contribution in [3.63, 3.8) is 0 Å². The van der Waals surface area contributed by atoms with Crippen molar-refractivity contribution in [3.05, 3.63) is 26.4 Å². The molecule has 1 saturated heterocycles. The molecule has 0 saturated carbocycles. The molecule has 0 aliphatic carbocycles. The summed E-state index contributed by atoms with van der Waals surface area (Å²) in [6.45, 7) is 6.82. The topological polar surface area (TPSA) is 86.3 Å². The first kappa shape index (κ1) is 17.2. The van der Waals surface area contributed by atoms with Crippen molar-refractivity contribution in [2.75, 3.05) is 45.1 Å². The van der Waals surface area contributed by atoms with Gasteiger partial charge in [-0.1, -0.05) is 0 Å². The molecule has 0 spiro atoms. The third-order valence-electron chi connectivity index (χ3n) is 4.29. The van der Waals surface area contributed by atoms with Crippen LogP contribution in [0.4, 0.5) is 5.82 Å². The van der Waals surface area contributed by atoms with E-state index in [2.05, 4.69) is 22.2 Å². The second kappa shape index (κ2) is 6.98. The van der Waals surface area contributed by atoms with Gasteiger partial charge in [0.2, 0.25) is 0 Å². The molecule has 1 aliphatic heterocycles. The molecule has 2 heterocycles. The second-order valence-corrected chi connectivity index (χ2v) is 6.19. The fourth-order valence-electron chi connectivity index (χ4n) is 2.81. The molecule has 0 aromatic carbocycles. The van der Waals surface area contributed by atoms with Gasteiger partial charge in [0.1, 0.15) is 11.9 Å². The third-order valence-corrected chi connectivity index (χ3v) is 4.29. The molecule has 2 rings (SSSR count). The molecular formula is C15H24N6O2. The van der Waals surface area contributed by atoms with Crippen LogP contribution in [0, 0.1) is 11.3 Å². The van der Waals surface area contributed by atoms with Crippen LogP contribution in [0.2, 0.25) is 0 Å². The number of anilines is 1. The third kappa shape index (κ3) is 3.63. The minimum absolute atomic E-state index is 0.0169. The normalized spacial score (nSPS) is 17.7. The SMILES string of the molecule is CC(CN1CCN(C)CC1)Nc1c(C#N)c(=O)n(C)c(=O)n1C. The highest BCUT2D eigenvalue weighted by Crippen LogP contribution is 2.10. The Morgan fingerprint density at radius 2 is 1.74 bits per heavy atom. The zero-order chi connectivity index (χ0) is 17.1. The van der Waals surface area contributed by atoms with Crippen molar-refractivity contribution in [1.29, 1.82) is 5.26 Å². The highest BCUT2D eigenvalue weighted by atomic mass is 16.2. The van der Waals surface area contributed by atoms with Gasteiger partial charge in [0, 0.05) is 52.9 Å². The highest BCUT2D eigenvalue weighted by Gasteiger charge is 2.20. The average Bonchev–Trinajstić information content (AvgIpc) is 2.53. The minimum atomic E-state index is -0.565. The molecule has 8 nitrogen and oxygen atoms in total. The predicted octanol–water partition coefficient (Wildman–Crippen LogP) is -0.997. The molecule has 1 aromatic heterocycles. The molecule has 1 N–H and O–H groups in total. The molecule has 0 radical (unpaired) electrons. The minimum Gasteiger partial charge on any atom is -0.366 e. The van der Waals surface area contributed by atoms with E-state index in [-0.39, 0.29) is 11.6 Å². The molecule has 8 heteroatoms. The van der Waals surface area contributed by atoms with Gasteiger partial charge in [-0.3, -0.25) is 18.8 Å². The van der Waals surface area contributed by atoms with Gasteiger partial charge in [-0.05, 0) is 14.0 Å². The molecule has 1 aliphatic rings. The molecule has 1 fully saturated rings. The van der Waals surface area contributed by atoms with Crippen molar-refractivity contribution in [2.45, 2.75) is 13.0 Å². The molecule has 1 unspecified atom stereocenters. The molecule has 0 amide bonds. The lowest BCUT2D eigenvalue weighted by atomic mass is 10.2. The number of likely N-dealkylation sites (N-methyl/N-ethyl adjacent to an activating group) is 1. The maximum atomic E-state index is 12.1. The van der Waals surface area contributed by atoms with E-state index < -0.39 is 11.2 Å². The van der Waals surface area contributed by atoms with E-state index in [0.717, 1.165) is 37.3 Å². The zero-order valence-corrected chi connectivity index (χ0v) is 14.2. The van der Waals surface area contributed by atoms with Crippen molar-refractivity contribution >= 4 is 5.82 Å². The van der Waals surface area contributed by atoms with E-state index in [9.17, 15) is 14.9 Å². The van der Waals surface area contributed by atoms with E-state index in [4.69, 9.17) is 0 Å². The van der Waals surface area contributed by atoms with Crippen LogP contribution < -0.4 is 16.6 Å². The number of aromatic nitrogens is 2. The van der Waals surface area contributed by atoms with Gasteiger partial charge in [0.25, 0.3) is 5.56 Å². The first-order valence-electron chi connectivity index (χ1n) is 7.72. The molecule has 0 bridgehead atoms. The monoisotopic (exact) mass is 320 g/mol. The smallest absolute Gasteiger partial charge is 0.332 e. The summed E-state index contributed by atoms with van der Waals surface area (Å²) in [6.07, 6.45) is 0. The number of nitrogens with zero attached hydrogens (tertiary/aromatic N) is 5. The van der Waals surface area contributed by atoms with E-state index in [0.29, 0.717) is 5.82 Å². The first-order valence-corrected chi connectivity index (χ1v) is 7.72. The van der Waals surface area contributed by atoms with Gasteiger partial charge in [0.15, 0.2) is 5.56 Å². The van der Waals surface area contributed by atoms with Crippen LogP contribution in [0.3, 0.4) is 0 Å². The largest absolute Gasteiger partial charge is 0.366 e. The Balaban J connectivity index is 2.18. The van der Waals surface area contributed by atoms with Crippen LogP contribution in [0.1, 0.15) is 12.5 Å². The zero-order valence-electron chi connectivity index (χ0n) is 14.2. The maximum absolute atomic E-state index is 12.1. The number of hydrogen-bond donors (Lipinski definition) is 1. The highest BCUT2D eigenvalue weighted by molar-refractivity contribution is 5.51. The summed E-state index contributed by atoms with van der Waals surface area (Å²) < 4.78 is 2.27. The maximum Gasteiger partial charge on any atom is 0.332 e. The Labute approximate surface area is 135 Å². The predicted molar refractivity (Wildman–Crippen MR) is 88.7 cm³/mol. The van der Waals surface area contributed by atoms with E-state index in [1.165, 1.54) is 11.6 Å². The quantitative estimate of drug-likeness (QED) is 0.766. The van der Waals surface area contributed by atoms with Crippen LogP contribution >= 0.6 is 0 Å². The van der Waals surface area contributed by atoms with Gasteiger partial charge in [-0.15, -0.1) is 0 Å². The van der Waals surface area contributed by atoms with Gasteiger partial charge in [-0.25, -0.2) is 4.79 Å². The fourth-order valence-corrected chi connectivity index (χ4v) is 2.81. The van der Waals surface area contributed by atoms with Crippen LogP contribution in [0.15, 0.2) is 9.59 Å². The second-order valence-electron chi connectivity index (χ2n) is 6.19. The Hall–Kier alpha value is -2.11. The van der Waals surface area contributed by atoms with Crippen LogP contribution in [-0.4, -0.2) is 64.7 Å². The number of nitrogens with one attached hydrogen (secondary N) is 1. The van der Waals surface area contributed by atoms with Crippen LogP contribution in [0.25, 0.3) is 0 Å². The lowest BCUT2D eigenvalue weighted by Gasteiger charge is -2.34. The first-order chi connectivity index (χ1) is 10.8. The molecule has 23 heavy (non-hydrogen) atoms. The van der Waals surface area contributed by atoms with Crippen molar-refractivity contribution < 1.29 is 0 Å². The standard InChI is InChI=1S/C15H24N6O2/c1-11(10-21-7-5-18(2)6-8-21)17-13-12(9-16)14(22)20(4)15(23)19(13)3/h11,17H,5-8,10H2,1-4H3. The summed E-state index contributed by atoms with van der Waals surface area (Å²) in [5, 5.41) is 12.4. The Morgan fingerprint density at radius 3 is 2.30 bits per heavy atom. The number of hydrogen-bond acceptors (Lipinski definition) is 6. The lowest BCUT2D eigenvalue weighted by Crippen LogP contribution is -2.48. The van der Waals surface area contributed by atoms with Gasteiger partial charge >= 0.3 is 5.69 Å². The average molecular weight is 320 g/mol. The number of nitriles is 1. The Kier molecular flexibility index (Phi) is 5.23.